The second kappa shape index (κ2) is 14.5. The molecule has 0 aliphatic rings. The van der Waals surface area contributed by atoms with Gasteiger partial charge in [0.15, 0.2) is 0 Å². The molecule has 0 aliphatic heterocycles. The van der Waals surface area contributed by atoms with Crippen LogP contribution in [0, 0.1) is 7.43 Å². The molecular formula is C12H18KNS. The molecule has 0 fully saturated rings. The van der Waals surface area contributed by atoms with E-state index in [1.54, 1.807) is 29.0 Å². The Bertz CT molecular complexity index is 290. The molecule has 78 valence electrons. The second-order valence-corrected chi connectivity index (χ2v) is 2.79. The summed E-state index contributed by atoms with van der Waals surface area (Å²) in [7, 11) is 0. The van der Waals surface area contributed by atoms with E-state index in [2.05, 4.69) is 18.1 Å². The van der Waals surface area contributed by atoms with Crippen LogP contribution >= 0.6 is 11.3 Å². The molecule has 0 aliphatic carbocycles. The van der Waals surface area contributed by atoms with E-state index in [9.17, 15) is 0 Å². The van der Waals surface area contributed by atoms with Crippen LogP contribution in [0.4, 0.5) is 0 Å². The zero-order chi connectivity index (χ0) is 10.1. The van der Waals surface area contributed by atoms with Crippen LogP contribution in [0.2, 0.25) is 0 Å². The molecule has 1 rings (SSSR count). The van der Waals surface area contributed by atoms with Crippen molar-refractivity contribution < 1.29 is 51.4 Å². The van der Waals surface area contributed by atoms with E-state index in [4.69, 9.17) is 0 Å². The van der Waals surface area contributed by atoms with Crippen LogP contribution in [-0.4, -0.2) is 4.98 Å². The molecule has 0 atom stereocenters. The average molecular weight is 247 g/mol. The molecule has 0 unspecified atom stereocenters. The van der Waals surface area contributed by atoms with Crippen LogP contribution in [0.5, 0.6) is 0 Å². The van der Waals surface area contributed by atoms with E-state index in [1.165, 1.54) is 0 Å². The standard InChI is InChI=1S/C9H9NS.C2H6.CH3.K/c1-3-5-6-9-8(4-2)10-7-11-9;1-2;;/h3-7H,1-2H2;1-2H3;1H3;/q;;-1;+1/b6-5-;;;. The van der Waals surface area contributed by atoms with Crippen molar-refractivity contribution in [3.05, 3.63) is 48.8 Å². The van der Waals surface area contributed by atoms with E-state index in [0.717, 1.165) is 10.6 Å². The normalized spacial score (nSPS) is 7.87. The summed E-state index contributed by atoms with van der Waals surface area (Å²) in [4.78, 5) is 5.23. The van der Waals surface area contributed by atoms with Gasteiger partial charge < -0.3 is 7.43 Å². The van der Waals surface area contributed by atoms with Crippen molar-refractivity contribution >= 4 is 23.5 Å². The number of thiazole rings is 1. The Morgan fingerprint density at radius 1 is 1.33 bits per heavy atom. The van der Waals surface area contributed by atoms with Crippen LogP contribution < -0.4 is 51.4 Å². The SMILES string of the molecule is C=C/C=C\c1scnc1C=C.CC.[CH3-].[K+]. The number of hydrogen-bond acceptors (Lipinski definition) is 2. The third-order valence-corrected chi connectivity index (χ3v) is 2.01. The average Bonchev–Trinajstić information content (AvgIpc) is 2.65. The zero-order valence-corrected chi connectivity index (χ0v) is 14.1. The summed E-state index contributed by atoms with van der Waals surface area (Å²) in [6.45, 7) is 11.2. The summed E-state index contributed by atoms with van der Waals surface area (Å²) >= 11 is 1.60. The summed E-state index contributed by atoms with van der Waals surface area (Å²) in [5, 5.41) is 0. The molecule has 1 heterocycles. The van der Waals surface area contributed by atoms with Gasteiger partial charge in [0, 0.05) is 0 Å². The third kappa shape index (κ3) is 8.31. The number of hydrogen-bond donors (Lipinski definition) is 0. The maximum absolute atomic E-state index is 4.10. The monoisotopic (exact) mass is 247 g/mol. The molecule has 0 saturated heterocycles. The molecule has 0 amide bonds. The van der Waals surface area contributed by atoms with Crippen molar-refractivity contribution in [3.8, 4) is 0 Å². The Balaban J connectivity index is -0.000000339. The van der Waals surface area contributed by atoms with Crippen LogP contribution in [0.15, 0.2) is 30.8 Å². The molecule has 0 N–H and O–H groups in total. The molecule has 0 bridgehead atoms. The fourth-order valence-electron chi connectivity index (χ4n) is 0.697. The predicted molar refractivity (Wildman–Crippen MR) is 69.2 cm³/mol. The van der Waals surface area contributed by atoms with Gasteiger partial charge in [0.05, 0.1) is 16.1 Å². The van der Waals surface area contributed by atoms with Crippen molar-refractivity contribution in [1.29, 1.82) is 0 Å². The first-order valence-electron chi connectivity index (χ1n) is 4.23. The van der Waals surface area contributed by atoms with Gasteiger partial charge in [-0.2, -0.15) is 0 Å². The van der Waals surface area contributed by atoms with Crippen molar-refractivity contribution in [3.63, 3.8) is 0 Å². The van der Waals surface area contributed by atoms with Gasteiger partial charge in [-0.05, 0) is 12.2 Å². The Morgan fingerprint density at radius 2 is 1.93 bits per heavy atom. The van der Waals surface area contributed by atoms with Gasteiger partial charge in [0.25, 0.3) is 0 Å². The predicted octanol–water partition coefficient (Wildman–Crippen LogP) is 1.47. The van der Waals surface area contributed by atoms with Crippen LogP contribution in [-0.2, 0) is 0 Å². The molecule has 0 aromatic carbocycles. The van der Waals surface area contributed by atoms with Gasteiger partial charge in [0.1, 0.15) is 0 Å². The molecule has 1 aromatic heterocycles. The van der Waals surface area contributed by atoms with E-state index in [0.29, 0.717) is 0 Å². The minimum absolute atomic E-state index is 0. The van der Waals surface area contributed by atoms with Gasteiger partial charge in [-0.1, -0.05) is 39.2 Å². The van der Waals surface area contributed by atoms with E-state index < -0.39 is 0 Å². The Hall–Kier alpha value is 0.486. The molecule has 0 saturated carbocycles. The summed E-state index contributed by atoms with van der Waals surface area (Å²) in [6, 6.07) is 0. The first-order chi connectivity index (χ1) is 6.38. The fourth-order valence-corrected chi connectivity index (χ4v) is 1.39. The molecule has 1 nitrogen and oxygen atoms in total. The fraction of sp³-hybridized carbons (Fsp3) is 0.167. The van der Waals surface area contributed by atoms with E-state index >= 15 is 0 Å². The maximum Gasteiger partial charge on any atom is 1.00 e. The smallest absolute Gasteiger partial charge is 0.358 e. The molecule has 0 spiro atoms. The number of allylic oxidation sites excluding steroid dienone is 2. The molecular weight excluding hydrogens is 229 g/mol. The zero-order valence-electron chi connectivity index (χ0n) is 10.2. The van der Waals surface area contributed by atoms with Gasteiger partial charge in [-0.25, -0.2) is 4.98 Å². The summed E-state index contributed by atoms with van der Waals surface area (Å²) < 4.78 is 0. The molecule has 3 heteroatoms. The van der Waals surface area contributed by atoms with Crippen molar-refractivity contribution in [2.45, 2.75) is 13.8 Å². The topological polar surface area (TPSA) is 12.9 Å². The Morgan fingerprint density at radius 3 is 2.40 bits per heavy atom. The molecule has 0 radical (unpaired) electrons. The minimum Gasteiger partial charge on any atom is -0.358 e. The first-order valence-corrected chi connectivity index (χ1v) is 5.11. The Kier molecular flexibility index (Phi) is 20.1. The molecule has 15 heavy (non-hydrogen) atoms. The van der Waals surface area contributed by atoms with Crippen LogP contribution in [0.25, 0.3) is 12.2 Å². The minimum atomic E-state index is 0. The van der Waals surface area contributed by atoms with E-state index in [-0.39, 0.29) is 58.8 Å². The number of nitrogens with zero attached hydrogens (tertiary/aromatic N) is 1. The Labute approximate surface area is 140 Å². The first kappa shape index (κ1) is 20.8. The van der Waals surface area contributed by atoms with Crippen molar-refractivity contribution in [2.24, 2.45) is 0 Å². The van der Waals surface area contributed by atoms with Gasteiger partial charge in [-0.15, -0.1) is 11.3 Å². The summed E-state index contributed by atoms with van der Waals surface area (Å²) in [5.74, 6) is 0. The number of aromatic nitrogens is 1. The van der Waals surface area contributed by atoms with Gasteiger partial charge in [-0.3, -0.25) is 0 Å². The van der Waals surface area contributed by atoms with Gasteiger partial charge in [0.2, 0.25) is 0 Å². The van der Waals surface area contributed by atoms with Gasteiger partial charge >= 0.3 is 51.4 Å². The van der Waals surface area contributed by atoms with E-state index in [1.807, 2.05) is 26.0 Å². The number of rotatable bonds is 3. The van der Waals surface area contributed by atoms with Crippen molar-refractivity contribution in [2.75, 3.05) is 0 Å². The second-order valence-electron chi connectivity index (χ2n) is 1.90. The molecule has 1 aromatic rings. The van der Waals surface area contributed by atoms with Crippen LogP contribution in [0.3, 0.4) is 0 Å². The van der Waals surface area contributed by atoms with Crippen molar-refractivity contribution in [1.82, 2.24) is 4.98 Å². The quantitative estimate of drug-likeness (QED) is 0.448. The largest absolute Gasteiger partial charge is 1.00 e. The third-order valence-electron chi connectivity index (χ3n) is 1.20. The maximum atomic E-state index is 4.10. The summed E-state index contributed by atoms with van der Waals surface area (Å²) in [5.41, 5.74) is 2.74. The summed E-state index contributed by atoms with van der Waals surface area (Å²) in [6.07, 6.45) is 7.36. The van der Waals surface area contributed by atoms with Crippen LogP contribution in [0.1, 0.15) is 24.4 Å².